The Morgan fingerprint density at radius 2 is 1.44 bits per heavy atom. The largest absolute Gasteiger partial charge is 3.00 e. The number of aliphatic hydroxyl groups is 1. The predicted octanol–water partition coefficient (Wildman–Crippen LogP) is -3.21. The molecule has 0 rings (SSSR count). The van der Waals surface area contributed by atoms with Gasteiger partial charge in [0.1, 0.15) is 0 Å². The van der Waals surface area contributed by atoms with Crippen LogP contribution in [0.5, 0.6) is 0 Å². The fourth-order valence-electron chi connectivity index (χ4n) is 0. The van der Waals surface area contributed by atoms with E-state index in [1.165, 1.54) is 0 Å². The maximum Gasteiger partial charge on any atom is 3.00 e. The Bertz CT molecular complexity index is 70.8. The van der Waals surface area contributed by atoms with E-state index in [4.69, 9.17) is 24.4 Å². The van der Waals surface area contributed by atoms with Crippen molar-refractivity contribution < 1.29 is 24.4 Å². The first-order chi connectivity index (χ1) is 3.41. The van der Waals surface area contributed by atoms with E-state index in [0.717, 1.165) is 0 Å². The molecule has 0 aromatic carbocycles. The second-order valence-electron chi connectivity index (χ2n) is 0.763. The molecule has 0 heterocycles. The van der Waals surface area contributed by atoms with Gasteiger partial charge >= 0.3 is 17.4 Å². The van der Waals surface area contributed by atoms with Crippen LogP contribution in [0.3, 0.4) is 0 Å². The van der Waals surface area contributed by atoms with Gasteiger partial charge in [0.2, 0.25) is 0 Å². The second kappa shape index (κ2) is 8.60. The van der Waals surface area contributed by atoms with Gasteiger partial charge in [-0.1, -0.05) is 0 Å². The molecule has 0 aliphatic carbocycles. The minimum absolute atomic E-state index is 0. The maximum absolute atomic E-state index is 8.55. The average molecular weight is 168 g/mol. The van der Waals surface area contributed by atoms with Crippen molar-refractivity contribution in [1.29, 1.82) is 0 Å². The van der Waals surface area contributed by atoms with E-state index in [1.807, 2.05) is 0 Å². The monoisotopic (exact) mass is 168 g/mol. The molecular weight excluding hydrogens is 162 g/mol. The SMILES string of the molecule is CCO.O=P([O-])([O-])[O-].[Al+3]. The van der Waals surface area contributed by atoms with Crippen molar-refractivity contribution in [3.8, 4) is 0 Å². The van der Waals surface area contributed by atoms with E-state index < -0.39 is 7.82 Å². The molecule has 0 amide bonds. The van der Waals surface area contributed by atoms with Gasteiger partial charge in [0, 0.05) is 6.61 Å². The van der Waals surface area contributed by atoms with Crippen LogP contribution in [0, 0.1) is 0 Å². The summed E-state index contributed by atoms with van der Waals surface area (Å²) >= 11 is 0. The zero-order valence-electron chi connectivity index (χ0n) is 4.81. The summed E-state index contributed by atoms with van der Waals surface area (Å²) in [6, 6.07) is 0. The molecule has 7 heteroatoms. The molecule has 0 radical (unpaired) electrons. The van der Waals surface area contributed by atoms with E-state index in [0.29, 0.717) is 0 Å². The molecule has 0 aliphatic heterocycles. The summed E-state index contributed by atoms with van der Waals surface area (Å²) in [6.45, 7) is 1.93. The zero-order valence-corrected chi connectivity index (χ0v) is 6.86. The van der Waals surface area contributed by atoms with Crippen LogP contribution >= 0.6 is 7.82 Å². The number of aliphatic hydroxyl groups excluding tert-OH is 1. The smallest absolute Gasteiger partial charge is 0.822 e. The molecule has 0 unspecified atom stereocenters. The first-order valence-electron chi connectivity index (χ1n) is 1.75. The maximum atomic E-state index is 8.55. The van der Waals surface area contributed by atoms with Crippen LogP contribution in [-0.4, -0.2) is 29.1 Å². The van der Waals surface area contributed by atoms with Gasteiger partial charge < -0.3 is 24.4 Å². The molecule has 9 heavy (non-hydrogen) atoms. The molecule has 1 N–H and O–H groups in total. The summed E-state index contributed by atoms with van der Waals surface area (Å²) in [6.07, 6.45) is 0. The van der Waals surface area contributed by atoms with Crippen molar-refractivity contribution in [2.24, 2.45) is 0 Å². The molecule has 0 saturated heterocycles. The fourth-order valence-corrected chi connectivity index (χ4v) is 0. The first kappa shape index (κ1) is 16.3. The third-order valence-corrected chi connectivity index (χ3v) is 0. The van der Waals surface area contributed by atoms with E-state index in [-0.39, 0.29) is 24.0 Å². The van der Waals surface area contributed by atoms with E-state index >= 15 is 0 Å². The van der Waals surface area contributed by atoms with Crippen LogP contribution in [0.4, 0.5) is 0 Å². The third kappa shape index (κ3) is 1030. The molecule has 0 atom stereocenters. The summed E-state index contributed by atoms with van der Waals surface area (Å²) < 4.78 is 8.55. The number of hydrogen-bond donors (Lipinski definition) is 1. The Kier molecular flexibility index (Phi) is 15.6. The number of phosphoric acid groups is 1. The van der Waals surface area contributed by atoms with Crippen LogP contribution in [-0.2, 0) is 4.57 Å². The molecule has 0 aromatic heterocycles. The van der Waals surface area contributed by atoms with Crippen molar-refractivity contribution in [2.45, 2.75) is 6.92 Å². The average Bonchev–Trinajstić information content (AvgIpc) is 1.27. The summed E-state index contributed by atoms with van der Waals surface area (Å²) in [5.41, 5.74) is 0. The summed E-state index contributed by atoms with van der Waals surface area (Å²) in [5.74, 6) is 0. The van der Waals surface area contributed by atoms with Crippen molar-refractivity contribution in [3.05, 3.63) is 0 Å². The second-order valence-corrected chi connectivity index (χ2v) is 1.66. The van der Waals surface area contributed by atoms with Crippen LogP contribution < -0.4 is 14.7 Å². The minimum Gasteiger partial charge on any atom is -0.822 e. The van der Waals surface area contributed by atoms with Crippen LogP contribution in [0.2, 0.25) is 0 Å². The van der Waals surface area contributed by atoms with Crippen molar-refractivity contribution in [1.82, 2.24) is 0 Å². The standard InChI is InChI=1S/C2H6O.Al.H3O4P/c1-2-3;;1-5(2,3)4/h3H,2H2,1H3;;(H3,1,2,3,4)/q;+3;/p-3. The van der Waals surface area contributed by atoms with E-state index in [1.54, 1.807) is 6.92 Å². The van der Waals surface area contributed by atoms with Gasteiger partial charge in [-0.3, -0.25) is 0 Å². The number of rotatable bonds is 0. The molecule has 0 fully saturated rings. The van der Waals surface area contributed by atoms with Gasteiger partial charge in [0.25, 0.3) is 0 Å². The van der Waals surface area contributed by atoms with E-state index in [2.05, 4.69) is 0 Å². The summed E-state index contributed by atoms with van der Waals surface area (Å²) in [4.78, 5) is 25.6. The Morgan fingerprint density at radius 1 is 1.44 bits per heavy atom. The van der Waals surface area contributed by atoms with Gasteiger partial charge in [-0.25, -0.2) is 0 Å². The number of hydrogen-bond acceptors (Lipinski definition) is 5. The van der Waals surface area contributed by atoms with Crippen molar-refractivity contribution in [3.63, 3.8) is 0 Å². The molecule has 5 nitrogen and oxygen atoms in total. The third-order valence-electron chi connectivity index (χ3n) is 0. The van der Waals surface area contributed by atoms with E-state index in [9.17, 15) is 0 Å². The minimum atomic E-state index is -5.39. The van der Waals surface area contributed by atoms with Crippen LogP contribution in [0.25, 0.3) is 0 Å². The molecule has 0 saturated carbocycles. The summed E-state index contributed by atoms with van der Waals surface area (Å²) in [5, 5.41) is 7.57. The van der Waals surface area contributed by atoms with Gasteiger partial charge in [-0.05, 0) is 6.92 Å². The Hall–Kier alpha value is 0.602. The molecule has 0 aromatic rings. The quantitative estimate of drug-likeness (QED) is 0.302. The summed E-state index contributed by atoms with van der Waals surface area (Å²) in [7, 11) is -5.39. The van der Waals surface area contributed by atoms with Crippen molar-refractivity contribution >= 4 is 25.2 Å². The first-order valence-corrected chi connectivity index (χ1v) is 3.21. The molecule has 0 bridgehead atoms. The zero-order chi connectivity index (χ0) is 7.21. The predicted molar refractivity (Wildman–Crippen MR) is 26.1 cm³/mol. The van der Waals surface area contributed by atoms with Crippen molar-refractivity contribution in [2.75, 3.05) is 6.61 Å². The fraction of sp³-hybridized carbons (Fsp3) is 1.00. The topological polar surface area (TPSA) is 106 Å². The van der Waals surface area contributed by atoms with Crippen LogP contribution in [0.1, 0.15) is 6.92 Å². The van der Waals surface area contributed by atoms with Gasteiger partial charge in [0.05, 0.1) is 0 Å². The van der Waals surface area contributed by atoms with Gasteiger partial charge in [-0.15, -0.1) is 0 Å². The molecule has 52 valence electrons. The van der Waals surface area contributed by atoms with Crippen LogP contribution in [0.15, 0.2) is 0 Å². The molecule has 0 aliphatic rings. The Labute approximate surface area is 63.7 Å². The van der Waals surface area contributed by atoms with Gasteiger partial charge in [0.15, 0.2) is 0 Å². The normalized spacial score (nSPS) is 8.56. The van der Waals surface area contributed by atoms with Gasteiger partial charge in [-0.2, -0.15) is 7.82 Å². The molecular formula is C2H6AlO5P. The molecule has 0 spiro atoms. The Morgan fingerprint density at radius 3 is 1.44 bits per heavy atom. The Balaban J connectivity index is -0.0000000800.